The van der Waals surface area contributed by atoms with E-state index in [-0.39, 0.29) is 5.91 Å². The van der Waals surface area contributed by atoms with Crippen molar-refractivity contribution in [3.63, 3.8) is 0 Å². The molecule has 6 atom stereocenters. The van der Waals surface area contributed by atoms with Crippen LogP contribution in [0.5, 0.6) is 5.75 Å². The summed E-state index contributed by atoms with van der Waals surface area (Å²) in [5.41, 5.74) is 0.624. The topological polar surface area (TPSA) is 176 Å². The molecule has 0 aliphatic heterocycles. The molecule has 1 aromatic rings. The van der Waals surface area contributed by atoms with Crippen molar-refractivity contribution in [1.29, 1.82) is 0 Å². The first-order valence-corrected chi connectivity index (χ1v) is 48.4. The van der Waals surface area contributed by atoms with Crippen molar-refractivity contribution in [2.24, 2.45) is 0 Å². The Morgan fingerprint density at radius 1 is 0.264 bits per heavy atom. The van der Waals surface area contributed by atoms with E-state index in [1.54, 1.807) is 7.11 Å². The lowest BCUT2D eigenvalue weighted by atomic mass is 10.0. The van der Waals surface area contributed by atoms with Gasteiger partial charge < -0.3 is 50.5 Å². The monoisotopic (exact) mass is 1560 g/mol. The fraction of sp³-hybridized carbons (Fsp3) is 0.927. The minimum Gasteiger partial charge on any atom is -0.497 e. The zero-order valence-electron chi connectivity index (χ0n) is 74.2. The third kappa shape index (κ3) is 69.2. The lowest BCUT2D eigenvalue weighted by molar-refractivity contribution is 0.0556. The second-order valence-electron chi connectivity index (χ2n) is 34.6. The van der Waals surface area contributed by atoms with E-state index in [0.717, 1.165) is 180 Å². The zero-order chi connectivity index (χ0) is 80.1. The molecule has 0 aromatic heterocycles. The second kappa shape index (κ2) is 80.8. The largest absolute Gasteiger partial charge is 0.497 e. The van der Waals surface area contributed by atoms with E-state index in [0.29, 0.717) is 51.4 Å². The first-order valence-electron chi connectivity index (χ1n) is 48.4. The molecule has 14 heteroatoms. The third-order valence-corrected chi connectivity index (χ3v) is 23.5. The lowest BCUT2D eigenvalue weighted by Crippen LogP contribution is -2.41. The number of nitrogens with one attached hydrogen (secondary N) is 1. The zero-order valence-corrected chi connectivity index (χ0v) is 74.2. The van der Waals surface area contributed by atoms with E-state index in [1.807, 2.05) is 24.3 Å². The maximum absolute atomic E-state index is 13.4. The Morgan fingerprint density at radius 2 is 0.455 bits per heavy atom. The molecule has 0 saturated heterocycles. The number of carbonyl (C=O) groups excluding carboxylic acids is 1. The predicted octanol–water partition coefficient (Wildman–Crippen LogP) is 22.6. The van der Waals surface area contributed by atoms with Crippen LogP contribution in [0.3, 0.4) is 0 Å². The fourth-order valence-electron chi connectivity index (χ4n) is 16.4. The average molecular weight is 1560 g/mol. The van der Waals surface area contributed by atoms with Gasteiger partial charge in [0.2, 0.25) is 0 Å². The van der Waals surface area contributed by atoms with Crippen LogP contribution in [-0.4, -0.2) is 209 Å². The van der Waals surface area contributed by atoms with E-state index in [2.05, 4.69) is 71.4 Å². The number of nitrogens with zero attached hydrogens (tertiary/aromatic N) is 5. The smallest absolute Gasteiger partial charge is 0.251 e. The minimum absolute atomic E-state index is 0.0767. The molecule has 0 saturated carbocycles. The number of rotatable bonds is 89. The van der Waals surface area contributed by atoms with Gasteiger partial charge in [-0.2, -0.15) is 0 Å². The molecule has 1 rings (SSSR count). The number of hydrogen-bond donors (Lipinski definition) is 7. The van der Waals surface area contributed by atoms with Crippen molar-refractivity contribution in [1.82, 2.24) is 29.8 Å². The number of methoxy groups -OCH3 is 1. The molecule has 0 fully saturated rings. The fourth-order valence-corrected chi connectivity index (χ4v) is 16.4. The van der Waals surface area contributed by atoms with Gasteiger partial charge in [0.25, 0.3) is 5.91 Å². The van der Waals surface area contributed by atoms with Gasteiger partial charge in [-0.3, -0.25) is 19.5 Å². The first-order chi connectivity index (χ1) is 53.8. The van der Waals surface area contributed by atoms with Crippen LogP contribution in [0.15, 0.2) is 24.3 Å². The average Bonchev–Trinajstić information content (AvgIpc) is 0.827. The molecule has 0 aliphatic carbocycles. The maximum atomic E-state index is 13.4. The normalized spacial score (nSPS) is 13.8. The van der Waals surface area contributed by atoms with E-state index in [1.165, 1.54) is 270 Å². The van der Waals surface area contributed by atoms with Gasteiger partial charge in [-0.1, -0.05) is 350 Å². The van der Waals surface area contributed by atoms with E-state index >= 15 is 0 Å². The maximum Gasteiger partial charge on any atom is 0.251 e. The Bertz CT molecular complexity index is 1860. The highest BCUT2D eigenvalue weighted by atomic mass is 16.5. The molecule has 7 N–H and O–H groups in total. The van der Waals surface area contributed by atoms with Crippen LogP contribution < -0.4 is 10.1 Å². The van der Waals surface area contributed by atoms with E-state index < -0.39 is 36.6 Å². The molecule has 0 aliphatic rings. The van der Waals surface area contributed by atoms with Crippen LogP contribution in [-0.2, 0) is 0 Å². The van der Waals surface area contributed by atoms with Gasteiger partial charge in [-0.25, -0.2) is 0 Å². The molecular weight excluding hydrogens is 1370 g/mol. The molecule has 1 aromatic carbocycles. The summed E-state index contributed by atoms with van der Waals surface area (Å²) in [4.78, 5) is 25.8. The SMILES string of the molecule is CCCCCCCCCCC(O)CN(CCCN(CCCCN(CCCN(CC(O)CCCCCCCCCC)CC(O)CCCCCCCCCC)CCCN(CC(O)CCCCCCCCCC)CC(O)CCCCCCCCCC)CCCNC(=O)c1ccc(OC)cc1)CC(O)CCCCCCCCCC. The van der Waals surface area contributed by atoms with Crippen molar-refractivity contribution in [2.75, 3.05) is 112 Å². The van der Waals surface area contributed by atoms with Crippen molar-refractivity contribution < 1.29 is 40.2 Å². The van der Waals surface area contributed by atoms with Gasteiger partial charge in [-0.15, -0.1) is 0 Å². The highest BCUT2D eigenvalue weighted by Crippen LogP contribution is 2.21. The van der Waals surface area contributed by atoms with Crippen LogP contribution in [0.25, 0.3) is 0 Å². The number of carbonyl (C=O) groups is 1. The summed E-state index contributed by atoms with van der Waals surface area (Å²) in [5.74, 6) is 0.651. The van der Waals surface area contributed by atoms with Gasteiger partial charge in [0, 0.05) is 51.4 Å². The number of ether oxygens (including phenoxy) is 1. The van der Waals surface area contributed by atoms with Crippen molar-refractivity contribution >= 4 is 5.91 Å². The Kier molecular flexibility index (Phi) is 77.9. The van der Waals surface area contributed by atoms with Gasteiger partial charge in [0.05, 0.1) is 43.7 Å². The van der Waals surface area contributed by atoms with E-state index in [4.69, 9.17) is 4.74 Å². The standard InChI is InChI=1S/C96H190N6O8/c1-8-14-20-26-32-38-44-50-62-89(103)82-100(83-90(104)63-51-45-39-33-27-21-15-9-2)79-59-76-98(75-58-72-97-96(109)88-68-70-95(110-7)71-69-88)73-56-57-74-99(77-60-80-101(84-91(105)64-52-46-40-34-28-22-16-10-3)85-92(106)65-53-47-41-35-29-23-17-11-4)78-61-81-102(86-93(107)66-54-48-42-36-30-24-18-12-5)87-94(108)67-55-49-43-37-31-25-19-13-6/h68-71,89-94,103-108H,8-67,72-87H2,1-7H3,(H,97,109). The Morgan fingerprint density at radius 3 is 0.673 bits per heavy atom. The van der Waals surface area contributed by atoms with Crippen LogP contribution in [0.2, 0.25) is 0 Å². The minimum atomic E-state index is -0.413. The molecule has 1 amide bonds. The number of aliphatic hydroxyl groups excluding tert-OH is 6. The second-order valence-corrected chi connectivity index (χ2v) is 34.6. The Hall–Kier alpha value is -1.95. The molecule has 6 unspecified atom stereocenters. The summed E-state index contributed by atoms with van der Waals surface area (Å²) in [7, 11) is 1.64. The predicted molar refractivity (Wildman–Crippen MR) is 475 cm³/mol. The number of unbranched alkanes of at least 4 members (excludes halogenated alkanes) is 43. The summed E-state index contributed by atoms with van der Waals surface area (Å²) < 4.78 is 5.38. The van der Waals surface area contributed by atoms with Crippen molar-refractivity contribution in [3.8, 4) is 5.75 Å². The summed E-state index contributed by atoms with van der Waals surface area (Å²) in [6, 6.07) is 7.31. The Balaban J connectivity index is 3.56. The van der Waals surface area contributed by atoms with Gasteiger partial charge in [-0.05, 0) is 160 Å². The summed E-state index contributed by atoms with van der Waals surface area (Å²) in [6.45, 7) is 25.7. The van der Waals surface area contributed by atoms with Crippen LogP contribution in [0, 0.1) is 0 Å². The van der Waals surface area contributed by atoms with Crippen molar-refractivity contribution in [2.45, 2.75) is 463 Å². The summed E-state index contributed by atoms with van der Waals surface area (Å²) in [5, 5.41) is 73.0. The quantitative estimate of drug-likeness (QED) is 0.0307. The first kappa shape index (κ1) is 106. The molecule has 0 bridgehead atoms. The Labute approximate surface area is 683 Å². The highest BCUT2D eigenvalue weighted by molar-refractivity contribution is 5.94. The molecule has 0 heterocycles. The molecule has 14 nitrogen and oxygen atoms in total. The van der Waals surface area contributed by atoms with Crippen LogP contribution in [0.1, 0.15) is 437 Å². The number of hydrogen-bond acceptors (Lipinski definition) is 13. The van der Waals surface area contributed by atoms with Crippen LogP contribution >= 0.6 is 0 Å². The van der Waals surface area contributed by atoms with Crippen molar-refractivity contribution in [3.05, 3.63) is 29.8 Å². The number of aliphatic hydroxyl groups is 6. The van der Waals surface area contributed by atoms with Gasteiger partial charge in [0.1, 0.15) is 5.75 Å². The number of benzene rings is 1. The molecule has 0 spiro atoms. The molecule has 0 radical (unpaired) electrons. The van der Waals surface area contributed by atoms with Crippen LogP contribution in [0.4, 0.5) is 0 Å². The number of amides is 1. The van der Waals surface area contributed by atoms with E-state index in [9.17, 15) is 35.4 Å². The lowest BCUT2D eigenvalue weighted by Gasteiger charge is -2.31. The third-order valence-electron chi connectivity index (χ3n) is 23.5. The highest BCUT2D eigenvalue weighted by Gasteiger charge is 2.22. The molecule has 652 valence electrons. The summed E-state index contributed by atoms with van der Waals surface area (Å²) >= 11 is 0. The molecular formula is C96H190N6O8. The molecule has 110 heavy (non-hydrogen) atoms. The van der Waals surface area contributed by atoms with Gasteiger partial charge >= 0.3 is 0 Å². The van der Waals surface area contributed by atoms with Gasteiger partial charge in [0.15, 0.2) is 0 Å². The summed E-state index contributed by atoms with van der Waals surface area (Å²) in [6.07, 6.45) is 67.8.